The standard InChI is InChI=1S/C16H11NO4/c18-16-12(10-21-15-7-2-1-6-14(15)16)8-11-4-3-5-13(9-11)17(19)20/h1-7,9-10H,8H2. The number of nitro benzene ring substituents is 1. The van der Waals surface area contributed by atoms with Gasteiger partial charge >= 0.3 is 0 Å². The van der Waals surface area contributed by atoms with E-state index < -0.39 is 4.92 Å². The zero-order valence-corrected chi connectivity index (χ0v) is 11.0. The molecular formula is C16H11NO4. The maximum absolute atomic E-state index is 12.4. The lowest BCUT2D eigenvalue weighted by Crippen LogP contribution is -2.09. The van der Waals surface area contributed by atoms with E-state index in [1.807, 2.05) is 0 Å². The van der Waals surface area contributed by atoms with E-state index in [9.17, 15) is 14.9 Å². The summed E-state index contributed by atoms with van der Waals surface area (Å²) in [6, 6.07) is 13.3. The fourth-order valence-electron chi connectivity index (χ4n) is 2.24. The third kappa shape index (κ3) is 2.53. The van der Waals surface area contributed by atoms with Crippen molar-refractivity contribution in [1.82, 2.24) is 0 Å². The van der Waals surface area contributed by atoms with Crippen LogP contribution in [0.1, 0.15) is 11.1 Å². The van der Waals surface area contributed by atoms with Gasteiger partial charge in [0, 0.05) is 24.1 Å². The summed E-state index contributed by atoms with van der Waals surface area (Å²) in [5.41, 5.74) is 1.62. The molecule has 0 saturated heterocycles. The van der Waals surface area contributed by atoms with Crippen LogP contribution in [-0.2, 0) is 6.42 Å². The van der Waals surface area contributed by atoms with Gasteiger partial charge < -0.3 is 4.42 Å². The number of rotatable bonds is 3. The molecule has 21 heavy (non-hydrogen) atoms. The highest BCUT2D eigenvalue weighted by molar-refractivity contribution is 5.76. The van der Waals surface area contributed by atoms with Crippen molar-refractivity contribution in [1.29, 1.82) is 0 Å². The van der Waals surface area contributed by atoms with E-state index in [4.69, 9.17) is 4.42 Å². The van der Waals surface area contributed by atoms with Crippen LogP contribution in [0, 0.1) is 10.1 Å². The highest BCUT2D eigenvalue weighted by Gasteiger charge is 2.10. The molecule has 5 nitrogen and oxygen atoms in total. The average Bonchev–Trinajstić information content (AvgIpc) is 2.51. The van der Waals surface area contributed by atoms with Gasteiger partial charge in [0.2, 0.25) is 0 Å². The molecule has 0 atom stereocenters. The van der Waals surface area contributed by atoms with Crippen LogP contribution in [0.25, 0.3) is 11.0 Å². The van der Waals surface area contributed by atoms with Crippen LogP contribution in [0.2, 0.25) is 0 Å². The molecule has 1 aromatic heterocycles. The smallest absolute Gasteiger partial charge is 0.269 e. The molecule has 0 N–H and O–H groups in total. The molecule has 0 fully saturated rings. The molecule has 0 bridgehead atoms. The number of nitro groups is 1. The molecule has 0 radical (unpaired) electrons. The van der Waals surface area contributed by atoms with Gasteiger partial charge in [-0.3, -0.25) is 14.9 Å². The van der Waals surface area contributed by atoms with E-state index in [1.165, 1.54) is 18.4 Å². The predicted molar refractivity (Wildman–Crippen MR) is 78.4 cm³/mol. The number of nitrogens with zero attached hydrogens (tertiary/aromatic N) is 1. The Kier molecular flexibility index (Phi) is 3.23. The molecule has 0 aliphatic carbocycles. The molecule has 0 amide bonds. The lowest BCUT2D eigenvalue weighted by atomic mass is 10.0. The summed E-state index contributed by atoms with van der Waals surface area (Å²) in [5, 5.41) is 11.3. The minimum atomic E-state index is -0.452. The number of fused-ring (bicyclic) bond motifs is 1. The summed E-state index contributed by atoms with van der Waals surface area (Å²) in [6.07, 6.45) is 1.72. The first-order chi connectivity index (χ1) is 10.1. The second-order valence-corrected chi connectivity index (χ2v) is 4.69. The summed E-state index contributed by atoms with van der Waals surface area (Å²) in [4.78, 5) is 22.7. The highest BCUT2D eigenvalue weighted by Crippen LogP contribution is 2.17. The lowest BCUT2D eigenvalue weighted by molar-refractivity contribution is -0.384. The largest absolute Gasteiger partial charge is 0.464 e. The van der Waals surface area contributed by atoms with Crippen LogP contribution < -0.4 is 5.43 Å². The van der Waals surface area contributed by atoms with E-state index in [2.05, 4.69) is 0 Å². The summed E-state index contributed by atoms with van der Waals surface area (Å²) < 4.78 is 5.44. The second kappa shape index (κ2) is 5.20. The van der Waals surface area contributed by atoms with E-state index in [1.54, 1.807) is 36.4 Å². The van der Waals surface area contributed by atoms with Crippen LogP contribution in [0.15, 0.2) is 64.0 Å². The number of benzene rings is 2. The molecule has 1 heterocycles. The van der Waals surface area contributed by atoms with Crippen molar-refractivity contribution in [2.45, 2.75) is 6.42 Å². The normalized spacial score (nSPS) is 10.7. The Balaban J connectivity index is 2.02. The minimum absolute atomic E-state index is 0.0117. The molecule has 0 unspecified atom stereocenters. The Hall–Kier alpha value is -2.95. The van der Waals surface area contributed by atoms with E-state index in [0.717, 1.165) is 0 Å². The number of hydrogen-bond acceptors (Lipinski definition) is 4. The summed E-state index contributed by atoms with van der Waals surface area (Å²) in [6.45, 7) is 0. The lowest BCUT2D eigenvalue weighted by Gasteiger charge is -2.03. The third-order valence-electron chi connectivity index (χ3n) is 3.27. The van der Waals surface area contributed by atoms with Crippen LogP contribution in [-0.4, -0.2) is 4.92 Å². The summed E-state index contributed by atoms with van der Waals surface area (Å²) in [7, 11) is 0. The Morgan fingerprint density at radius 1 is 1.10 bits per heavy atom. The van der Waals surface area contributed by atoms with Gasteiger partial charge in [-0.2, -0.15) is 0 Å². The second-order valence-electron chi connectivity index (χ2n) is 4.69. The maximum Gasteiger partial charge on any atom is 0.269 e. The van der Waals surface area contributed by atoms with Gasteiger partial charge in [-0.05, 0) is 17.7 Å². The maximum atomic E-state index is 12.4. The zero-order chi connectivity index (χ0) is 14.8. The molecule has 0 spiro atoms. The Labute approximate surface area is 119 Å². The van der Waals surface area contributed by atoms with Gasteiger partial charge in [-0.1, -0.05) is 24.3 Å². The summed E-state index contributed by atoms with van der Waals surface area (Å²) in [5.74, 6) is 0. The topological polar surface area (TPSA) is 73.3 Å². The quantitative estimate of drug-likeness (QED) is 0.545. The molecule has 3 rings (SSSR count). The van der Waals surface area contributed by atoms with Crippen LogP contribution in [0.5, 0.6) is 0 Å². The average molecular weight is 281 g/mol. The highest BCUT2D eigenvalue weighted by atomic mass is 16.6. The molecule has 104 valence electrons. The first kappa shape index (κ1) is 13.1. The van der Waals surface area contributed by atoms with Crippen LogP contribution in [0.4, 0.5) is 5.69 Å². The van der Waals surface area contributed by atoms with Gasteiger partial charge in [0.25, 0.3) is 5.69 Å². The zero-order valence-electron chi connectivity index (χ0n) is 11.0. The monoisotopic (exact) mass is 281 g/mol. The molecule has 5 heteroatoms. The SMILES string of the molecule is O=c1c(Cc2cccc([N+](=O)[O-])c2)coc2ccccc12. The molecule has 2 aromatic carbocycles. The van der Waals surface area contributed by atoms with E-state index in [0.29, 0.717) is 28.5 Å². The van der Waals surface area contributed by atoms with Crippen molar-refractivity contribution >= 4 is 16.7 Å². The third-order valence-corrected chi connectivity index (χ3v) is 3.27. The van der Waals surface area contributed by atoms with Crippen LogP contribution >= 0.6 is 0 Å². The molecule has 0 aliphatic rings. The van der Waals surface area contributed by atoms with Crippen molar-refractivity contribution < 1.29 is 9.34 Å². The van der Waals surface area contributed by atoms with Gasteiger partial charge in [0.1, 0.15) is 5.58 Å². The Morgan fingerprint density at radius 3 is 2.71 bits per heavy atom. The number of non-ortho nitro benzene ring substituents is 1. The van der Waals surface area contributed by atoms with Crippen LogP contribution in [0.3, 0.4) is 0 Å². The first-order valence-corrected chi connectivity index (χ1v) is 6.38. The molecule has 3 aromatic rings. The van der Waals surface area contributed by atoms with Gasteiger partial charge in [0.15, 0.2) is 5.43 Å². The number of para-hydroxylation sites is 1. The first-order valence-electron chi connectivity index (χ1n) is 6.38. The van der Waals surface area contributed by atoms with E-state index in [-0.39, 0.29) is 11.1 Å². The van der Waals surface area contributed by atoms with E-state index >= 15 is 0 Å². The van der Waals surface area contributed by atoms with Crippen molar-refractivity contribution in [3.05, 3.63) is 86.3 Å². The van der Waals surface area contributed by atoms with Gasteiger partial charge in [-0.25, -0.2) is 0 Å². The van der Waals surface area contributed by atoms with Crippen molar-refractivity contribution in [3.63, 3.8) is 0 Å². The van der Waals surface area contributed by atoms with Gasteiger partial charge in [-0.15, -0.1) is 0 Å². The van der Waals surface area contributed by atoms with Crippen molar-refractivity contribution in [2.75, 3.05) is 0 Å². The number of hydrogen-bond donors (Lipinski definition) is 0. The predicted octanol–water partition coefficient (Wildman–Crippen LogP) is 3.29. The Morgan fingerprint density at radius 2 is 1.90 bits per heavy atom. The molecular weight excluding hydrogens is 270 g/mol. The fraction of sp³-hybridized carbons (Fsp3) is 0.0625. The van der Waals surface area contributed by atoms with Crippen molar-refractivity contribution in [2.24, 2.45) is 0 Å². The minimum Gasteiger partial charge on any atom is -0.464 e. The molecule has 0 saturated carbocycles. The Bertz CT molecular complexity index is 883. The summed E-state index contributed by atoms with van der Waals surface area (Å²) >= 11 is 0. The van der Waals surface area contributed by atoms with Crippen molar-refractivity contribution in [3.8, 4) is 0 Å². The fourth-order valence-corrected chi connectivity index (χ4v) is 2.24. The molecule has 0 aliphatic heterocycles. The van der Waals surface area contributed by atoms with Gasteiger partial charge in [0.05, 0.1) is 16.6 Å².